The van der Waals surface area contributed by atoms with Crippen LogP contribution in [0.25, 0.3) is 11.3 Å². The zero-order valence-corrected chi connectivity index (χ0v) is 25.0. The van der Waals surface area contributed by atoms with Crippen molar-refractivity contribution in [1.29, 1.82) is 0 Å². The molecule has 1 fully saturated rings. The third kappa shape index (κ3) is 6.19. The summed E-state index contributed by atoms with van der Waals surface area (Å²) in [5, 5.41) is -0.336. The fraction of sp³-hybridized carbons (Fsp3) is 0.448. The van der Waals surface area contributed by atoms with Gasteiger partial charge in [0.05, 0.1) is 17.9 Å². The minimum Gasteiger partial charge on any atom is -0.477 e. The maximum absolute atomic E-state index is 13.5. The van der Waals surface area contributed by atoms with Crippen LogP contribution in [0.15, 0.2) is 47.6 Å². The molecule has 3 aromatic heterocycles. The number of carbonyl (C=O) groups excluding carboxylic acids is 1. The lowest BCUT2D eigenvalue weighted by molar-refractivity contribution is 0.0981. The summed E-state index contributed by atoms with van der Waals surface area (Å²) in [5.41, 5.74) is 7.82. The lowest BCUT2D eigenvalue weighted by Crippen LogP contribution is -2.43. The molecule has 1 aliphatic heterocycles. The van der Waals surface area contributed by atoms with Gasteiger partial charge in [-0.15, -0.1) is 0 Å². The summed E-state index contributed by atoms with van der Waals surface area (Å²) < 4.78 is 33.9. The smallest absolute Gasteiger partial charge is 0.281 e. The summed E-state index contributed by atoms with van der Waals surface area (Å²) in [5.74, 6) is 0.509. The van der Waals surface area contributed by atoms with E-state index in [0.29, 0.717) is 36.5 Å². The molecular formula is C29H38N6O4S. The quantitative estimate of drug-likeness (QED) is 0.420. The van der Waals surface area contributed by atoms with Crippen molar-refractivity contribution < 1.29 is 17.9 Å². The number of hydrogen-bond acceptors (Lipinski definition) is 9. The normalized spacial score (nSPS) is 17.1. The number of nitrogen functional groups attached to an aromatic ring is 1. The number of sulfonamides is 1. The number of nitrogens with zero attached hydrogens (tertiary/aromatic N) is 4. The molecule has 1 saturated heterocycles. The molecule has 0 aliphatic carbocycles. The Hall–Kier alpha value is -3.73. The zero-order valence-electron chi connectivity index (χ0n) is 24.1. The van der Waals surface area contributed by atoms with Crippen molar-refractivity contribution in [3.8, 4) is 17.1 Å². The van der Waals surface area contributed by atoms with Crippen LogP contribution in [-0.4, -0.2) is 48.0 Å². The average molecular weight is 567 g/mol. The van der Waals surface area contributed by atoms with E-state index in [2.05, 4.69) is 61.1 Å². The van der Waals surface area contributed by atoms with Gasteiger partial charge in [0.2, 0.25) is 5.88 Å². The van der Waals surface area contributed by atoms with Gasteiger partial charge in [0.25, 0.3) is 15.9 Å². The number of rotatable bonds is 7. The third-order valence-electron chi connectivity index (χ3n) is 7.32. The molecule has 4 heterocycles. The van der Waals surface area contributed by atoms with E-state index in [1.54, 1.807) is 18.3 Å². The van der Waals surface area contributed by atoms with E-state index in [0.717, 1.165) is 17.5 Å². The van der Waals surface area contributed by atoms with E-state index in [9.17, 15) is 13.2 Å². The molecule has 4 rings (SSSR count). The van der Waals surface area contributed by atoms with Crippen LogP contribution in [-0.2, 0) is 10.0 Å². The Balaban J connectivity index is 1.73. The van der Waals surface area contributed by atoms with Crippen LogP contribution < -0.4 is 20.1 Å². The van der Waals surface area contributed by atoms with Crippen LogP contribution >= 0.6 is 0 Å². The molecule has 0 aromatic carbocycles. The minimum atomic E-state index is -4.26. The molecular weight excluding hydrogens is 528 g/mol. The lowest BCUT2D eigenvalue weighted by atomic mass is 9.90. The first-order valence-corrected chi connectivity index (χ1v) is 14.7. The Bertz CT molecular complexity index is 1530. The van der Waals surface area contributed by atoms with Gasteiger partial charge in [-0.05, 0) is 68.4 Å². The summed E-state index contributed by atoms with van der Waals surface area (Å²) in [6.45, 7) is 15.8. The first kappa shape index (κ1) is 29.3. The topological polar surface area (TPSA) is 140 Å². The van der Waals surface area contributed by atoms with Crippen molar-refractivity contribution in [3.63, 3.8) is 0 Å². The second-order valence-electron chi connectivity index (χ2n) is 12.1. The predicted molar refractivity (Wildman–Crippen MR) is 156 cm³/mol. The predicted octanol–water partition coefficient (Wildman–Crippen LogP) is 4.60. The fourth-order valence-corrected chi connectivity index (χ4v) is 5.51. The van der Waals surface area contributed by atoms with Crippen LogP contribution in [0.3, 0.4) is 0 Å². The zero-order chi connectivity index (χ0) is 29.5. The van der Waals surface area contributed by atoms with Gasteiger partial charge >= 0.3 is 0 Å². The SMILES string of the molecule is Cc1cc(OCC(C)(C)C)ncc1-c1ccc(C(=O)NS(=O)(=O)c2cccc(N)n2)c(N2CCC(C)C2(C)C)n1. The number of amides is 1. The molecule has 0 spiro atoms. The van der Waals surface area contributed by atoms with Crippen LogP contribution in [0, 0.1) is 18.3 Å². The Labute approximate surface area is 236 Å². The van der Waals surface area contributed by atoms with E-state index in [1.807, 2.05) is 13.0 Å². The molecule has 10 nitrogen and oxygen atoms in total. The summed E-state index contributed by atoms with van der Waals surface area (Å²) in [6, 6.07) is 9.40. The monoisotopic (exact) mass is 566 g/mol. The standard InChI is InChI=1S/C29H38N6O4S/c1-18-15-24(39-17-28(3,4)5)31-16-21(18)22-12-11-20(26(32-22)35-14-13-19(2)29(35,6)7)27(36)34-40(37,38)25-10-8-9-23(30)33-25/h8-12,15-16,19H,13-14,17H2,1-7H3,(H2,30,33)(H,34,36). The second kappa shape index (κ2) is 10.7. The highest BCUT2D eigenvalue weighted by Gasteiger charge is 2.41. The van der Waals surface area contributed by atoms with Crippen molar-refractivity contribution in [3.05, 3.63) is 53.7 Å². The number of anilines is 2. The maximum atomic E-state index is 13.5. The Morgan fingerprint density at radius 2 is 1.93 bits per heavy atom. The summed E-state index contributed by atoms with van der Waals surface area (Å²) in [4.78, 5) is 28.8. The number of hydrogen-bond donors (Lipinski definition) is 2. The number of carbonyl (C=O) groups is 1. The van der Waals surface area contributed by atoms with Gasteiger partial charge in [-0.2, -0.15) is 8.42 Å². The largest absolute Gasteiger partial charge is 0.477 e. The molecule has 0 bridgehead atoms. The van der Waals surface area contributed by atoms with Gasteiger partial charge in [0.1, 0.15) is 11.6 Å². The minimum absolute atomic E-state index is 0.00253. The Kier molecular flexibility index (Phi) is 7.81. The Morgan fingerprint density at radius 3 is 2.52 bits per heavy atom. The first-order chi connectivity index (χ1) is 18.6. The molecule has 1 amide bonds. The van der Waals surface area contributed by atoms with E-state index in [1.165, 1.54) is 18.2 Å². The molecule has 1 atom stereocenters. The summed E-state index contributed by atoms with van der Waals surface area (Å²) in [7, 11) is -4.26. The molecule has 1 unspecified atom stereocenters. The van der Waals surface area contributed by atoms with E-state index < -0.39 is 15.9 Å². The van der Waals surface area contributed by atoms with Gasteiger partial charge < -0.3 is 15.4 Å². The second-order valence-corrected chi connectivity index (χ2v) is 13.7. The highest BCUT2D eigenvalue weighted by molar-refractivity contribution is 7.90. The first-order valence-electron chi connectivity index (χ1n) is 13.3. The van der Waals surface area contributed by atoms with Crippen molar-refractivity contribution in [2.75, 3.05) is 23.8 Å². The van der Waals surface area contributed by atoms with Crippen molar-refractivity contribution in [2.45, 2.75) is 65.5 Å². The Morgan fingerprint density at radius 1 is 1.20 bits per heavy atom. The molecule has 0 saturated carbocycles. The highest BCUT2D eigenvalue weighted by Crippen LogP contribution is 2.39. The molecule has 11 heteroatoms. The number of aryl methyl sites for hydroxylation is 1. The number of aromatic nitrogens is 3. The van der Waals surface area contributed by atoms with Crippen molar-refractivity contribution >= 4 is 27.6 Å². The number of nitrogens with one attached hydrogen (secondary N) is 1. The average Bonchev–Trinajstić information content (AvgIpc) is 3.13. The van der Waals surface area contributed by atoms with E-state index in [-0.39, 0.29) is 27.4 Å². The van der Waals surface area contributed by atoms with Gasteiger partial charge in [-0.3, -0.25) is 4.79 Å². The number of ether oxygens (including phenoxy) is 1. The van der Waals surface area contributed by atoms with Crippen LogP contribution in [0.5, 0.6) is 5.88 Å². The van der Waals surface area contributed by atoms with Gasteiger partial charge in [0.15, 0.2) is 5.03 Å². The lowest BCUT2D eigenvalue weighted by Gasteiger charge is -2.36. The van der Waals surface area contributed by atoms with Gasteiger partial charge in [0, 0.05) is 29.9 Å². The summed E-state index contributed by atoms with van der Waals surface area (Å²) in [6.07, 6.45) is 2.62. The molecule has 0 radical (unpaired) electrons. The van der Waals surface area contributed by atoms with Crippen molar-refractivity contribution in [1.82, 2.24) is 19.7 Å². The van der Waals surface area contributed by atoms with Gasteiger partial charge in [-0.25, -0.2) is 19.7 Å². The molecule has 3 aromatic rings. The molecule has 40 heavy (non-hydrogen) atoms. The maximum Gasteiger partial charge on any atom is 0.281 e. The molecule has 214 valence electrons. The van der Waals surface area contributed by atoms with Crippen molar-refractivity contribution in [2.24, 2.45) is 11.3 Å². The van der Waals surface area contributed by atoms with Crippen LogP contribution in [0.1, 0.15) is 63.9 Å². The number of nitrogens with two attached hydrogens (primary N) is 1. The van der Waals surface area contributed by atoms with E-state index in [4.69, 9.17) is 15.5 Å². The molecule has 3 N–H and O–H groups in total. The van der Waals surface area contributed by atoms with Crippen LogP contribution in [0.4, 0.5) is 11.6 Å². The third-order valence-corrected chi connectivity index (χ3v) is 8.56. The highest BCUT2D eigenvalue weighted by atomic mass is 32.2. The van der Waals surface area contributed by atoms with Gasteiger partial charge in [-0.1, -0.05) is 33.8 Å². The van der Waals surface area contributed by atoms with E-state index >= 15 is 0 Å². The molecule has 1 aliphatic rings. The summed E-state index contributed by atoms with van der Waals surface area (Å²) >= 11 is 0. The van der Waals surface area contributed by atoms with Crippen LogP contribution in [0.2, 0.25) is 0 Å². The fourth-order valence-electron chi connectivity index (χ4n) is 4.57. The number of pyridine rings is 3.